The van der Waals surface area contributed by atoms with E-state index in [0.29, 0.717) is 19.0 Å². The van der Waals surface area contributed by atoms with Crippen LogP contribution in [0.5, 0.6) is 0 Å². The van der Waals surface area contributed by atoms with Gasteiger partial charge < -0.3 is 14.8 Å². The summed E-state index contributed by atoms with van der Waals surface area (Å²) in [4.78, 5) is 41.5. The molecule has 0 aromatic carbocycles. The Balaban J connectivity index is 1.82. The number of aromatic nitrogens is 1. The number of hydrogen-bond donors (Lipinski definition) is 1. The molecule has 0 aliphatic heterocycles. The minimum absolute atomic E-state index is 0.0182. The Kier molecular flexibility index (Phi) is 7.48. The number of rotatable bonds is 7. The lowest BCUT2D eigenvalue weighted by Gasteiger charge is -2.22. The zero-order valence-corrected chi connectivity index (χ0v) is 18.8. The highest BCUT2D eigenvalue weighted by atomic mass is 32.1. The fourth-order valence-corrected chi connectivity index (χ4v) is 4.60. The molecule has 162 valence electrons. The minimum atomic E-state index is -0.504. The van der Waals surface area contributed by atoms with E-state index in [2.05, 4.69) is 5.32 Å². The Morgan fingerprint density at radius 3 is 2.53 bits per heavy atom. The molecule has 6 nitrogen and oxygen atoms in total. The molecule has 1 aliphatic carbocycles. The van der Waals surface area contributed by atoms with Crippen LogP contribution < -0.4 is 10.7 Å². The van der Waals surface area contributed by atoms with E-state index in [1.165, 1.54) is 24.2 Å². The third-order valence-electron chi connectivity index (χ3n) is 5.71. The van der Waals surface area contributed by atoms with Crippen molar-refractivity contribution in [3.8, 4) is 0 Å². The number of nitrogens with one attached hydrogen (secondary N) is 1. The fraction of sp³-hybridized carbons (Fsp3) is 0.522. The smallest absolute Gasteiger partial charge is 0.259 e. The standard InChI is InChI=1S/C23H31N3O3S/c1-16(2)26-14-19(22(28)24-12-17-8-5-4-6-9-17)21(27)20(15-26)23(29)25(3)13-18-10-7-11-30-18/h7,10-11,14-17H,4-6,8-9,12-13H2,1-3H3,(H,24,28). The molecule has 30 heavy (non-hydrogen) atoms. The van der Waals surface area contributed by atoms with E-state index in [9.17, 15) is 14.4 Å². The van der Waals surface area contributed by atoms with Gasteiger partial charge in [-0.15, -0.1) is 11.3 Å². The van der Waals surface area contributed by atoms with Crippen molar-refractivity contribution in [3.63, 3.8) is 0 Å². The molecule has 1 fully saturated rings. The maximum Gasteiger partial charge on any atom is 0.259 e. The van der Waals surface area contributed by atoms with Gasteiger partial charge in [-0.05, 0) is 44.1 Å². The zero-order chi connectivity index (χ0) is 21.7. The van der Waals surface area contributed by atoms with Crippen LogP contribution in [0.4, 0.5) is 0 Å². The lowest BCUT2D eigenvalue weighted by atomic mass is 9.89. The number of carbonyl (C=O) groups excluding carboxylic acids is 2. The Bertz CT molecular complexity index is 928. The van der Waals surface area contributed by atoms with Gasteiger partial charge in [0.05, 0.1) is 6.54 Å². The molecule has 1 N–H and O–H groups in total. The van der Waals surface area contributed by atoms with E-state index in [4.69, 9.17) is 0 Å². The van der Waals surface area contributed by atoms with Crippen LogP contribution in [-0.4, -0.2) is 34.9 Å². The van der Waals surface area contributed by atoms with Crippen LogP contribution in [0.3, 0.4) is 0 Å². The maximum atomic E-state index is 13.1. The van der Waals surface area contributed by atoms with E-state index in [-0.39, 0.29) is 23.1 Å². The van der Waals surface area contributed by atoms with Crippen molar-refractivity contribution < 1.29 is 9.59 Å². The number of amides is 2. The number of carbonyl (C=O) groups is 2. The Morgan fingerprint density at radius 2 is 1.90 bits per heavy atom. The quantitative estimate of drug-likeness (QED) is 0.721. The maximum absolute atomic E-state index is 13.1. The van der Waals surface area contributed by atoms with Crippen molar-refractivity contribution in [2.75, 3.05) is 13.6 Å². The monoisotopic (exact) mass is 429 g/mol. The van der Waals surface area contributed by atoms with Gasteiger partial charge in [-0.25, -0.2) is 0 Å². The second-order valence-electron chi connectivity index (χ2n) is 8.41. The summed E-state index contributed by atoms with van der Waals surface area (Å²) in [7, 11) is 1.68. The average Bonchev–Trinajstić information content (AvgIpc) is 3.25. The van der Waals surface area contributed by atoms with Crippen molar-refractivity contribution in [2.24, 2.45) is 5.92 Å². The molecule has 0 bridgehead atoms. The second kappa shape index (κ2) is 10.1. The van der Waals surface area contributed by atoms with Gasteiger partial charge in [0.25, 0.3) is 11.8 Å². The number of hydrogen-bond acceptors (Lipinski definition) is 4. The van der Waals surface area contributed by atoms with Gasteiger partial charge in [0, 0.05) is 36.9 Å². The topological polar surface area (TPSA) is 71.4 Å². The highest BCUT2D eigenvalue weighted by Crippen LogP contribution is 2.22. The first-order chi connectivity index (χ1) is 14.4. The number of nitrogens with zero attached hydrogens (tertiary/aromatic N) is 2. The first kappa shape index (κ1) is 22.3. The SMILES string of the molecule is CC(C)n1cc(C(=O)NCC2CCCCC2)c(=O)c(C(=O)N(C)Cc2cccs2)c1. The molecule has 2 heterocycles. The molecule has 3 rings (SSSR count). The van der Waals surface area contributed by atoms with Crippen LogP contribution in [0.2, 0.25) is 0 Å². The second-order valence-corrected chi connectivity index (χ2v) is 9.44. The summed E-state index contributed by atoms with van der Waals surface area (Å²) in [5.74, 6) is -0.294. The molecular formula is C23H31N3O3S. The summed E-state index contributed by atoms with van der Waals surface area (Å²) >= 11 is 1.56. The average molecular weight is 430 g/mol. The Hall–Kier alpha value is -2.41. The van der Waals surface area contributed by atoms with E-state index in [1.54, 1.807) is 35.3 Å². The van der Waals surface area contributed by atoms with Gasteiger partial charge in [0.2, 0.25) is 5.43 Å². The molecular weight excluding hydrogens is 398 g/mol. The van der Waals surface area contributed by atoms with Crippen LogP contribution in [0.15, 0.2) is 34.7 Å². The summed E-state index contributed by atoms with van der Waals surface area (Å²) in [6.45, 7) is 4.92. The van der Waals surface area contributed by atoms with E-state index in [0.717, 1.165) is 17.7 Å². The number of pyridine rings is 1. The van der Waals surface area contributed by atoms with Gasteiger partial charge in [-0.1, -0.05) is 25.3 Å². The third-order valence-corrected chi connectivity index (χ3v) is 6.57. The van der Waals surface area contributed by atoms with Crippen molar-refractivity contribution in [2.45, 2.75) is 58.5 Å². The van der Waals surface area contributed by atoms with Gasteiger partial charge in [-0.2, -0.15) is 0 Å². The number of thiophene rings is 1. The molecule has 1 aliphatic rings. The zero-order valence-electron chi connectivity index (χ0n) is 18.0. The summed E-state index contributed by atoms with van der Waals surface area (Å²) in [6, 6.07) is 3.90. The molecule has 2 aromatic rings. The Labute approximate surface area is 181 Å². The van der Waals surface area contributed by atoms with E-state index >= 15 is 0 Å². The van der Waals surface area contributed by atoms with Gasteiger partial charge in [-0.3, -0.25) is 14.4 Å². The van der Waals surface area contributed by atoms with E-state index < -0.39 is 11.3 Å². The van der Waals surface area contributed by atoms with Crippen molar-refractivity contribution in [1.82, 2.24) is 14.8 Å². The largest absolute Gasteiger partial charge is 0.352 e. The molecule has 1 saturated carbocycles. The minimum Gasteiger partial charge on any atom is -0.352 e. The highest BCUT2D eigenvalue weighted by molar-refractivity contribution is 7.09. The van der Waals surface area contributed by atoms with Gasteiger partial charge in [0.15, 0.2) is 0 Å². The molecule has 0 unspecified atom stereocenters. The summed E-state index contributed by atoms with van der Waals surface area (Å²) in [6.07, 6.45) is 9.01. The third kappa shape index (κ3) is 5.39. The molecule has 0 atom stereocenters. The normalized spacial score (nSPS) is 14.7. The van der Waals surface area contributed by atoms with Crippen molar-refractivity contribution in [3.05, 3.63) is 56.1 Å². The molecule has 0 radical (unpaired) electrons. The molecule has 7 heteroatoms. The van der Waals surface area contributed by atoms with Crippen LogP contribution in [-0.2, 0) is 6.54 Å². The molecule has 0 saturated heterocycles. The predicted octanol–water partition coefficient (Wildman–Crippen LogP) is 4.07. The summed E-state index contributed by atoms with van der Waals surface area (Å²) in [5.41, 5.74) is -0.431. The van der Waals surface area contributed by atoms with E-state index in [1.807, 2.05) is 31.4 Å². The summed E-state index contributed by atoms with van der Waals surface area (Å²) in [5, 5.41) is 4.89. The fourth-order valence-electron chi connectivity index (χ4n) is 3.85. The van der Waals surface area contributed by atoms with Crippen LogP contribution in [0.1, 0.15) is 77.6 Å². The van der Waals surface area contributed by atoms with Crippen LogP contribution in [0.25, 0.3) is 0 Å². The van der Waals surface area contributed by atoms with Gasteiger partial charge in [0.1, 0.15) is 11.1 Å². The highest BCUT2D eigenvalue weighted by Gasteiger charge is 2.23. The van der Waals surface area contributed by atoms with Crippen molar-refractivity contribution >= 4 is 23.2 Å². The molecule has 2 amide bonds. The molecule has 2 aromatic heterocycles. The summed E-state index contributed by atoms with van der Waals surface area (Å²) < 4.78 is 1.77. The van der Waals surface area contributed by atoms with Crippen molar-refractivity contribution in [1.29, 1.82) is 0 Å². The first-order valence-electron chi connectivity index (χ1n) is 10.7. The lowest BCUT2D eigenvalue weighted by molar-refractivity contribution is 0.0784. The van der Waals surface area contributed by atoms with Gasteiger partial charge >= 0.3 is 0 Å². The lowest BCUT2D eigenvalue weighted by Crippen LogP contribution is -2.37. The predicted molar refractivity (Wildman–Crippen MR) is 120 cm³/mol. The van der Waals surface area contributed by atoms with Crippen LogP contribution in [0, 0.1) is 5.92 Å². The first-order valence-corrected chi connectivity index (χ1v) is 11.6. The van der Waals surface area contributed by atoms with Crippen LogP contribution >= 0.6 is 11.3 Å². The Morgan fingerprint density at radius 1 is 1.20 bits per heavy atom. The molecule has 0 spiro atoms.